The molecule has 2 saturated heterocycles. The average molecular weight is 1050 g/mol. The number of amides is 7. The van der Waals surface area contributed by atoms with Gasteiger partial charge in [0.25, 0.3) is 23.6 Å². The van der Waals surface area contributed by atoms with Crippen LogP contribution in [-0.2, 0) is 44.7 Å². The van der Waals surface area contributed by atoms with Gasteiger partial charge in [-0.05, 0) is 71.6 Å². The van der Waals surface area contributed by atoms with E-state index in [0.29, 0.717) is 101 Å². The number of carbonyl (C=O) groups is 7. The SMILES string of the molecule is O=C1CCC(N2C(=O)c3cccc(NCCOCCOCCOCCOCCC(=O)N4CCN(c5ccc(-c6ccc7c(c6)C(=O)N(C(C(=O)Nc6nccs6)c6cc(F)ccc6O)C7)cc5)CC4)c3C2=O)C(=O)N1. The van der Waals surface area contributed by atoms with Crippen LogP contribution in [-0.4, -0.2) is 158 Å². The summed E-state index contributed by atoms with van der Waals surface area (Å²) in [6, 6.07) is 19.3. The number of nitrogens with zero attached hydrogens (tertiary/aromatic N) is 5. The van der Waals surface area contributed by atoms with Gasteiger partial charge in [-0.25, -0.2) is 9.37 Å². The summed E-state index contributed by atoms with van der Waals surface area (Å²) < 4.78 is 36.9. The minimum Gasteiger partial charge on any atom is -0.508 e. The van der Waals surface area contributed by atoms with E-state index in [1.165, 1.54) is 28.5 Å². The first-order chi connectivity index (χ1) is 36.4. The number of piperazine rings is 1. The van der Waals surface area contributed by atoms with Gasteiger partial charge in [0, 0.05) is 79.8 Å². The summed E-state index contributed by atoms with van der Waals surface area (Å²) in [6.07, 6.45) is 1.92. The first-order valence-corrected chi connectivity index (χ1v) is 25.5. The molecule has 4 aliphatic rings. The lowest BCUT2D eigenvalue weighted by atomic mass is 10.00. The molecular formula is C53H55FN8O12S. The monoisotopic (exact) mass is 1050 g/mol. The highest BCUT2D eigenvalue weighted by atomic mass is 32.1. The Morgan fingerprint density at radius 1 is 0.787 bits per heavy atom. The molecule has 9 rings (SSSR count). The van der Waals surface area contributed by atoms with Gasteiger partial charge < -0.3 is 44.1 Å². The second-order valence-corrected chi connectivity index (χ2v) is 18.8. The summed E-state index contributed by atoms with van der Waals surface area (Å²) in [7, 11) is 0. The highest BCUT2D eigenvalue weighted by molar-refractivity contribution is 7.13. The third-order valence-corrected chi connectivity index (χ3v) is 13.9. The van der Waals surface area contributed by atoms with Gasteiger partial charge in [-0.15, -0.1) is 11.3 Å². The molecule has 75 heavy (non-hydrogen) atoms. The van der Waals surface area contributed by atoms with Crippen LogP contribution in [0.3, 0.4) is 0 Å². The Kier molecular flexibility index (Phi) is 16.8. The first kappa shape index (κ1) is 52.2. The van der Waals surface area contributed by atoms with Gasteiger partial charge in [0.2, 0.25) is 17.7 Å². The van der Waals surface area contributed by atoms with Crippen molar-refractivity contribution in [3.63, 3.8) is 0 Å². The molecule has 22 heteroatoms. The maximum absolute atomic E-state index is 14.4. The first-order valence-electron chi connectivity index (χ1n) is 24.6. The van der Waals surface area contributed by atoms with Crippen molar-refractivity contribution < 1.29 is 62.0 Å². The number of anilines is 3. The number of nitrogens with one attached hydrogen (secondary N) is 3. The molecule has 0 spiro atoms. The summed E-state index contributed by atoms with van der Waals surface area (Å²) in [5, 5.41) is 20.7. The average Bonchev–Trinajstić information content (AvgIpc) is 4.12. The van der Waals surface area contributed by atoms with Gasteiger partial charge in [-0.3, -0.25) is 49.1 Å². The fourth-order valence-electron chi connectivity index (χ4n) is 9.44. The van der Waals surface area contributed by atoms with E-state index in [4.69, 9.17) is 18.9 Å². The number of thiazole rings is 1. The Morgan fingerprint density at radius 3 is 2.20 bits per heavy atom. The van der Waals surface area contributed by atoms with Crippen molar-refractivity contribution in [3.05, 3.63) is 124 Å². The largest absolute Gasteiger partial charge is 0.508 e. The number of hydrogen-bond donors (Lipinski definition) is 4. The van der Waals surface area contributed by atoms with Crippen LogP contribution in [0.15, 0.2) is 90.4 Å². The van der Waals surface area contributed by atoms with Gasteiger partial charge in [-0.1, -0.05) is 30.3 Å². The number of rotatable bonds is 23. The zero-order valence-electron chi connectivity index (χ0n) is 40.8. The minimum absolute atomic E-state index is 0.0229. The number of ether oxygens (including phenoxy) is 4. The smallest absolute Gasteiger partial charge is 0.264 e. The van der Waals surface area contributed by atoms with Gasteiger partial charge in [0.15, 0.2) is 5.13 Å². The number of aromatic hydroxyl groups is 1. The number of fused-ring (bicyclic) bond motifs is 2. The second-order valence-electron chi connectivity index (χ2n) is 18.0. The van der Waals surface area contributed by atoms with Crippen LogP contribution in [0, 0.1) is 5.82 Å². The molecule has 2 unspecified atom stereocenters. The number of hydrogen-bond acceptors (Lipinski definition) is 16. The molecule has 4 aromatic carbocycles. The molecule has 0 radical (unpaired) electrons. The third kappa shape index (κ3) is 12.2. The molecule has 1 aromatic heterocycles. The van der Waals surface area contributed by atoms with Gasteiger partial charge in [0.05, 0.1) is 70.4 Å². The Hall–Kier alpha value is -7.63. The van der Waals surface area contributed by atoms with Crippen molar-refractivity contribution in [1.82, 2.24) is 25.0 Å². The molecule has 2 atom stereocenters. The van der Waals surface area contributed by atoms with Crippen LogP contribution in [0.1, 0.15) is 67.5 Å². The Morgan fingerprint density at radius 2 is 1.49 bits per heavy atom. The number of piperidine rings is 1. The molecule has 5 heterocycles. The van der Waals surface area contributed by atoms with E-state index in [9.17, 15) is 43.1 Å². The molecule has 4 aliphatic heterocycles. The predicted octanol–water partition coefficient (Wildman–Crippen LogP) is 4.61. The molecule has 0 aliphatic carbocycles. The van der Waals surface area contributed by atoms with Crippen molar-refractivity contribution in [2.45, 2.75) is 37.9 Å². The van der Waals surface area contributed by atoms with Crippen LogP contribution in [0.25, 0.3) is 11.1 Å². The van der Waals surface area contributed by atoms with Gasteiger partial charge >= 0.3 is 0 Å². The number of carbonyl (C=O) groups excluding carboxylic acids is 7. The molecule has 20 nitrogen and oxygen atoms in total. The minimum atomic E-state index is -1.33. The quantitative estimate of drug-likeness (QED) is 0.0516. The van der Waals surface area contributed by atoms with Crippen molar-refractivity contribution in [1.29, 1.82) is 0 Å². The molecule has 7 amide bonds. The molecule has 4 N–H and O–H groups in total. The third-order valence-electron chi connectivity index (χ3n) is 13.3. The van der Waals surface area contributed by atoms with E-state index in [2.05, 4.69) is 25.8 Å². The van der Waals surface area contributed by atoms with E-state index in [1.807, 2.05) is 41.3 Å². The lowest BCUT2D eigenvalue weighted by Crippen LogP contribution is -2.54. The van der Waals surface area contributed by atoms with Gasteiger partial charge in [-0.2, -0.15) is 0 Å². The van der Waals surface area contributed by atoms with Crippen molar-refractivity contribution in [3.8, 4) is 16.9 Å². The van der Waals surface area contributed by atoms with Crippen LogP contribution < -0.4 is 20.9 Å². The lowest BCUT2D eigenvalue weighted by molar-refractivity contribution is -0.136. The van der Waals surface area contributed by atoms with Crippen LogP contribution >= 0.6 is 11.3 Å². The zero-order valence-corrected chi connectivity index (χ0v) is 41.6. The van der Waals surface area contributed by atoms with Gasteiger partial charge in [0.1, 0.15) is 23.7 Å². The molecule has 5 aromatic rings. The van der Waals surface area contributed by atoms with Crippen LogP contribution in [0.5, 0.6) is 5.75 Å². The summed E-state index contributed by atoms with van der Waals surface area (Å²) >= 11 is 1.19. The number of imide groups is 2. The predicted molar refractivity (Wildman–Crippen MR) is 272 cm³/mol. The van der Waals surface area contributed by atoms with E-state index >= 15 is 0 Å². The summed E-state index contributed by atoms with van der Waals surface area (Å²) in [4.78, 5) is 101. The van der Waals surface area contributed by atoms with Crippen LogP contribution in [0.4, 0.5) is 20.9 Å². The second kappa shape index (κ2) is 24.1. The molecular weight excluding hydrogens is 992 g/mol. The van der Waals surface area contributed by atoms with Crippen molar-refractivity contribution >= 4 is 69.2 Å². The topological polar surface area (TPSA) is 239 Å². The number of aromatic nitrogens is 1. The normalized spacial score (nSPS) is 16.8. The Balaban J connectivity index is 0.623. The Bertz CT molecular complexity index is 2940. The van der Waals surface area contributed by atoms with Crippen molar-refractivity contribution in [2.75, 3.05) is 101 Å². The maximum atomic E-state index is 14.4. The highest BCUT2D eigenvalue weighted by Crippen LogP contribution is 2.38. The maximum Gasteiger partial charge on any atom is 0.264 e. The van der Waals surface area contributed by atoms with E-state index in [1.54, 1.807) is 23.6 Å². The summed E-state index contributed by atoms with van der Waals surface area (Å²) in [5.41, 5.74) is 4.59. The number of phenols is 1. The lowest BCUT2D eigenvalue weighted by Gasteiger charge is -2.36. The molecule has 392 valence electrons. The summed E-state index contributed by atoms with van der Waals surface area (Å²) in [5.74, 6) is -4.25. The highest BCUT2D eigenvalue weighted by Gasteiger charge is 2.46. The molecule has 0 saturated carbocycles. The fraction of sp³-hybridized carbons (Fsp3) is 0.358. The molecule has 0 bridgehead atoms. The Labute approximate surface area is 434 Å². The summed E-state index contributed by atoms with van der Waals surface area (Å²) in [6.45, 7) is 5.54. The van der Waals surface area contributed by atoms with Crippen molar-refractivity contribution in [2.24, 2.45) is 0 Å². The van der Waals surface area contributed by atoms with E-state index in [0.717, 1.165) is 39.9 Å². The number of benzene rings is 4. The number of phenolic OH excluding ortho intramolecular Hbond substituents is 1. The fourth-order valence-corrected chi connectivity index (χ4v) is 9.98. The standard InChI is InChI=1S/C53H55FN8O12S/c54-36-8-12-43(63)40(31-36)47(49(67)58-53-56-16-29-75-53)61-32-35-5-4-34(30-39(35)50(61)68)33-6-9-37(10-7-33)59-17-19-60(20-18-59)45(65)14-21-71-23-25-73-27-28-74-26-24-72-22-15-55-41-3-1-2-38-46(41)52(70)62(51(38)69)42-11-13-44(64)57-48(42)66/h1-10,12,16,29-31,42,47,55,63H,11,13-15,17-28,32H2,(H,56,58,67)(H,57,64,66). The zero-order chi connectivity index (χ0) is 52.4. The number of halogens is 1. The van der Waals surface area contributed by atoms with E-state index in [-0.39, 0.29) is 60.8 Å². The van der Waals surface area contributed by atoms with Crippen LogP contribution in [0.2, 0.25) is 0 Å². The molecule has 2 fully saturated rings. The van der Waals surface area contributed by atoms with E-state index < -0.39 is 53.3 Å².